The Morgan fingerprint density at radius 1 is 1.13 bits per heavy atom. The highest BCUT2D eigenvalue weighted by Gasteiger charge is 2.42. The van der Waals surface area contributed by atoms with Gasteiger partial charge in [0.05, 0.1) is 11.6 Å². The molecule has 2 bridgehead atoms. The summed E-state index contributed by atoms with van der Waals surface area (Å²) in [5.74, 6) is 1.51. The van der Waals surface area contributed by atoms with Crippen molar-refractivity contribution in [1.82, 2.24) is 9.88 Å². The summed E-state index contributed by atoms with van der Waals surface area (Å²) in [6, 6.07) is 18.1. The molecule has 5 atom stereocenters. The first-order valence-corrected chi connectivity index (χ1v) is 10.8. The molecular weight excluding hydrogens is 370 g/mol. The van der Waals surface area contributed by atoms with Crippen molar-refractivity contribution in [1.29, 1.82) is 0 Å². The second-order valence-corrected chi connectivity index (χ2v) is 8.45. The number of aromatic hydroxyl groups is 1. The molecule has 4 nitrogen and oxygen atoms in total. The summed E-state index contributed by atoms with van der Waals surface area (Å²) < 4.78 is 0. The van der Waals surface area contributed by atoms with Gasteiger partial charge >= 0.3 is 0 Å². The minimum absolute atomic E-state index is 0.00827. The topological polar surface area (TPSA) is 48.7 Å². The largest absolute Gasteiger partial charge is 0.507 e. The van der Waals surface area contributed by atoms with Gasteiger partial charge in [-0.05, 0) is 61.1 Å². The molecule has 1 N–H and O–H groups in total. The van der Waals surface area contributed by atoms with E-state index in [0.29, 0.717) is 17.9 Å². The van der Waals surface area contributed by atoms with Gasteiger partial charge in [-0.3, -0.25) is 14.9 Å². The third-order valence-corrected chi connectivity index (χ3v) is 6.83. The van der Waals surface area contributed by atoms with E-state index in [1.54, 1.807) is 6.07 Å². The number of phenolic OH excluding ortho intramolecular Hbond substituents is 1. The molecule has 3 saturated heterocycles. The van der Waals surface area contributed by atoms with Gasteiger partial charge in [0, 0.05) is 35.9 Å². The van der Waals surface area contributed by atoms with Gasteiger partial charge < -0.3 is 5.11 Å². The molecule has 1 aromatic heterocycles. The smallest absolute Gasteiger partial charge is 0.124 e. The van der Waals surface area contributed by atoms with E-state index in [2.05, 4.69) is 46.8 Å². The second kappa shape index (κ2) is 8.04. The van der Waals surface area contributed by atoms with Gasteiger partial charge in [-0.25, -0.2) is 0 Å². The molecule has 0 saturated carbocycles. The Balaban J connectivity index is 1.58. The fourth-order valence-electron chi connectivity index (χ4n) is 5.23. The highest BCUT2D eigenvalue weighted by Crippen LogP contribution is 2.43. The summed E-state index contributed by atoms with van der Waals surface area (Å²) in [7, 11) is 0. The SMILES string of the molecule is C=CC1CN2CCC1C[C@@H]2[C@H](N=Cc1ccccc1O)c1ccnc2ccccc12. The summed E-state index contributed by atoms with van der Waals surface area (Å²) >= 11 is 0. The lowest BCUT2D eigenvalue weighted by molar-refractivity contribution is 0.00797. The molecule has 0 aliphatic carbocycles. The van der Waals surface area contributed by atoms with Crippen LogP contribution in [0.3, 0.4) is 0 Å². The Hall–Kier alpha value is -2.98. The third-order valence-electron chi connectivity index (χ3n) is 6.83. The highest BCUT2D eigenvalue weighted by molar-refractivity contribution is 5.85. The summed E-state index contributed by atoms with van der Waals surface area (Å²) in [5, 5.41) is 11.4. The average molecular weight is 398 g/mol. The van der Waals surface area contributed by atoms with E-state index in [1.165, 1.54) is 12.0 Å². The van der Waals surface area contributed by atoms with Crippen LogP contribution in [0.1, 0.15) is 30.0 Å². The Kier molecular flexibility index (Phi) is 5.09. The van der Waals surface area contributed by atoms with Crippen LogP contribution in [0.15, 0.2) is 78.4 Å². The van der Waals surface area contributed by atoms with Gasteiger partial charge in [-0.2, -0.15) is 0 Å². The van der Waals surface area contributed by atoms with Gasteiger partial charge in [0.2, 0.25) is 0 Å². The number of hydrogen-bond acceptors (Lipinski definition) is 4. The number of piperidine rings is 3. The van der Waals surface area contributed by atoms with Gasteiger partial charge in [0.15, 0.2) is 0 Å². The van der Waals surface area contributed by atoms with E-state index >= 15 is 0 Å². The third kappa shape index (κ3) is 3.41. The molecule has 0 spiro atoms. The molecule has 2 aromatic carbocycles. The van der Waals surface area contributed by atoms with Crippen molar-refractivity contribution >= 4 is 17.1 Å². The lowest BCUT2D eigenvalue weighted by Gasteiger charge is -2.51. The molecule has 0 radical (unpaired) electrons. The Bertz CT molecular complexity index is 1090. The number of rotatable bonds is 5. The Labute approximate surface area is 177 Å². The summed E-state index contributed by atoms with van der Waals surface area (Å²) in [6.07, 6.45) is 8.22. The van der Waals surface area contributed by atoms with E-state index in [-0.39, 0.29) is 11.8 Å². The van der Waals surface area contributed by atoms with Crippen molar-refractivity contribution in [3.63, 3.8) is 0 Å². The van der Waals surface area contributed by atoms with Crippen LogP contribution in [-0.2, 0) is 0 Å². The van der Waals surface area contributed by atoms with Crippen LogP contribution in [0.25, 0.3) is 10.9 Å². The predicted octanol–water partition coefficient (Wildman–Crippen LogP) is 5.00. The van der Waals surface area contributed by atoms with Crippen LogP contribution in [0.5, 0.6) is 5.75 Å². The quantitative estimate of drug-likeness (QED) is 0.487. The van der Waals surface area contributed by atoms with Crippen molar-refractivity contribution in [2.45, 2.75) is 24.9 Å². The number of hydrogen-bond donors (Lipinski definition) is 1. The fourth-order valence-corrected chi connectivity index (χ4v) is 5.23. The summed E-state index contributed by atoms with van der Waals surface area (Å²) in [6.45, 7) is 6.24. The van der Waals surface area contributed by atoms with Crippen LogP contribution in [0, 0.1) is 11.8 Å². The van der Waals surface area contributed by atoms with Crippen molar-refractivity contribution in [3.05, 3.63) is 84.6 Å². The molecule has 152 valence electrons. The highest BCUT2D eigenvalue weighted by atomic mass is 16.3. The van der Waals surface area contributed by atoms with Crippen molar-refractivity contribution < 1.29 is 5.11 Å². The molecule has 3 unspecified atom stereocenters. The van der Waals surface area contributed by atoms with Crippen LogP contribution >= 0.6 is 0 Å². The lowest BCUT2D eigenvalue weighted by atomic mass is 9.73. The lowest BCUT2D eigenvalue weighted by Crippen LogP contribution is -2.54. The van der Waals surface area contributed by atoms with Crippen LogP contribution in [0.2, 0.25) is 0 Å². The molecule has 30 heavy (non-hydrogen) atoms. The maximum Gasteiger partial charge on any atom is 0.124 e. The van der Waals surface area contributed by atoms with Gasteiger partial charge in [0.1, 0.15) is 5.75 Å². The number of para-hydroxylation sites is 2. The first-order chi connectivity index (χ1) is 14.7. The predicted molar refractivity (Wildman–Crippen MR) is 122 cm³/mol. The molecule has 3 fully saturated rings. The van der Waals surface area contributed by atoms with Crippen molar-refractivity contribution in [3.8, 4) is 5.75 Å². The van der Waals surface area contributed by atoms with Gasteiger partial charge in [-0.15, -0.1) is 6.58 Å². The number of aromatic nitrogens is 1. The number of benzene rings is 2. The number of phenols is 1. The molecular formula is C26H27N3O. The average Bonchev–Trinajstić information content (AvgIpc) is 2.81. The zero-order valence-electron chi connectivity index (χ0n) is 17.1. The van der Waals surface area contributed by atoms with E-state index < -0.39 is 0 Å². The fraction of sp³-hybridized carbons (Fsp3) is 0.308. The number of fused-ring (bicyclic) bond motifs is 4. The van der Waals surface area contributed by atoms with Crippen LogP contribution in [-0.4, -0.2) is 40.3 Å². The first-order valence-electron chi connectivity index (χ1n) is 10.8. The van der Waals surface area contributed by atoms with E-state index in [4.69, 9.17) is 4.99 Å². The molecule has 6 rings (SSSR count). The summed E-state index contributed by atoms with van der Waals surface area (Å²) in [5.41, 5.74) is 2.96. The number of aliphatic imine (C=N–C) groups is 1. The van der Waals surface area contributed by atoms with Crippen LogP contribution < -0.4 is 0 Å². The van der Waals surface area contributed by atoms with E-state index in [9.17, 15) is 5.11 Å². The van der Waals surface area contributed by atoms with E-state index in [0.717, 1.165) is 36.0 Å². The first kappa shape index (κ1) is 19.0. The molecule has 3 aliphatic heterocycles. The monoisotopic (exact) mass is 397 g/mol. The summed E-state index contributed by atoms with van der Waals surface area (Å²) in [4.78, 5) is 12.2. The van der Waals surface area contributed by atoms with Crippen LogP contribution in [0.4, 0.5) is 0 Å². The Morgan fingerprint density at radius 2 is 1.97 bits per heavy atom. The van der Waals surface area contributed by atoms with Crippen molar-refractivity contribution in [2.24, 2.45) is 16.8 Å². The normalized spacial score (nSPS) is 26.8. The molecule has 4 heterocycles. The molecule has 3 aliphatic rings. The Morgan fingerprint density at radius 3 is 2.77 bits per heavy atom. The molecule has 0 amide bonds. The minimum atomic E-state index is -0.00827. The minimum Gasteiger partial charge on any atom is -0.507 e. The maximum absolute atomic E-state index is 10.2. The number of pyridine rings is 1. The second-order valence-electron chi connectivity index (χ2n) is 8.45. The van der Waals surface area contributed by atoms with Gasteiger partial charge in [0.25, 0.3) is 0 Å². The zero-order valence-corrected chi connectivity index (χ0v) is 17.1. The standard InChI is InChI=1S/C26H27N3O/c1-2-18-17-29-14-12-19(18)15-24(29)26(28-16-20-7-3-6-10-25(20)30)22-11-13-27-23-9-5-4-8-21(22)23/h2-11,13,16,18-19,24,26,30H,1,12,14-15,17H2/t18?,19?,24-,26-/m1/s1. The van der Waals surface area contributed by atoms with Gasteiger partial charge in [-0.1, -0.05) is 36.4 Å². The molecule has 4 heteroatoms. The maximum atomic E-state index is 10.2. The molecule has 3 aromatic rings. The number of nitrogens with zero attached hydrogens (tertiary/aromatic N) is 3. The van der Waals surface area contributed by atoms with E-state index in [1.807, 2.05) is 36.7 Å². The van der Waals surface area contributed by atoms with Crippen molar-refractivity contribution in [2.75, 3.05) is 13.1 Å². The zero-order chi connectivity index (χ0) is 20.5.